The maximum atomic E-state index is 12.0. The Kier molecular flexibility index (Phi) is 5.37. The van der Waals surface area contributed by atoms with Crippen LogP contribution in [0.2, 0.25) is 0 Å². The molecule has 1 aromatic heterocycles. The number of carbonyl (C=O) groups is 1. The van der Waals surface area contributed by atoms with Crippen LogP contribution < -0.4 is 10.6 Å². The van der Waals surface area contributed by atoms with Crippen molar-refractivity contribution in [3.63, 3.8) is 0 Å². The molecule has 2 atom stereocenters. The SMILES string of the molecule is COCCn1ccc2cc(NC(=O)NC[C@H]3CCC[C@H]3O)ccc21. The second kappa shape index (κ2) is 7.68. The number of fused-ring (bicyclic) bond motifs is 1. The molecule has 1 fully saturated rings. The van der Waals surface area contributed by atoms with Gasteiger partial charge in [-0.1, -0.05) is 6.42 Å². The lowest BCUT2D eigenvalue weighted by Crippen LogP contribution is -2.35. The zero-order chi connectivity index (χ0) is 16.9. The van der Waals surface area contributed by atoms with Crippen molar-refractivity contribution in [2.24, 2.45) is 5.92 Å². The lowest BCUT2D eigenvalue weighted by Gasteiger charge is -2.15. The molecule has 0 saturated heterocycles. The van der Waals surface area contributed by atoms with Gasteiger partial charge in [-0.15, -0.1) is 0 Å². The van der Waals surface area contributed by atoms with Crippen molar-refractivity contribution < 1.29 is 14.6 Å². The van der Waals surface area contributed by atoms with Crippen LogP contribution in [-0.4, -0.2) is 42.1 Å². The van der Waals surface area contributed by atoms with Crippen LogP contribution in [-0.2, 0) is 11.3 Å². The lowest BCUT2D eigenvalue weighted by atomic mass is 10.1. The summed E-state index contributed by atoms with van der Waals surface area (Å²) in [7, 11) is 1.69. The fourth-order valence-corrected chi connectivity index (χ4v) is 3.32. The number of aliphatic hydroxyl groups excluding tert-OH is 1. The Morgan fingerprint density at radius 1 is 1.38 bits per heavy atom. The van der Waals surface area contributed by atoms with Crippen molar-refractivity contribution in [3.05, 3.63) is 30.5 Å². The van der Waals surface area contributed by atoms with Gasteiger partial charge in [-0.05, 0) is 37.1 Å². The number of anilines is 1. The van der Waals surface area contributed by atoms with E-state index in [9.17, 15) is 9.90 Å². The molecule has 0 aliphatic heterocycles. The van der Waals surface area contributed by atoms with Crippen LogP contribution in [0.3, 0.4) is 0 Å². The monoisotopic (exact) mass is 331 g/mol. The molecule has 3 N–H and O–H groups in total. The second-order valence-electron chi connectivity index (χ2n) is 6.37. The molecule has 6 heteroatoms. The molecule has 0 radical (unpaired) electrons. The number of benzene rings is 1. The highest BCUT2D eigenvalue weighted by Gasteiger charge is 2.25. The zero-order valence-electron chi connectivity index (χ0n) is 14.0. The second-order valence-corrected chi connectivity index (χ2v) is 6.37. The van der Waals surface area contributed by atoms with Gasteiger partial charge in [-0.3, -0.25) is 0 Å². The average Bonchev–Trinajstić information content (AvgIpc) is 3.16. The van der Waals surface area contributed by atoms with Gasteiger partial charge < -0.3 is 25.0 Å². The molecule has 1 aliphatic carbocycles. The molecule has 3 rings (SSSR count). The standard InChI is InChI=1S/C18H25N3O3/c1-24-10-9-21-8-7-13-11-15(5-6-16(13)21)20-18(23)19-12-14-3-2-4-17(14)22/h5-8,11,14,17,22H,2-4,9-10,12H2,1H3,(H2,19,20,23)/t14-,17-/m1/s1. The number of methoxy groups -OCH3 is 1. The van der Waals surface area contributed by atoms with Gasteiger partial charge in [-0.2, -0.15) is 0 Å². The summed E-state index contributed by atoms with van der Waals surface area (Å²) in [6.07, 6.45) is 4.59. The fraction of sp³-hybridized carbons (Fsp3) is 0.500. The number of ether oxygens (including phenoxy) is 1. The summed E-state index contributed by atoms with van der Waals surface area (Å²) in [5.41, 5.74) is 1.88. The van der Waals surface area contributed by atoms with Gasteiger partial charge in [-0.25, -0.2) is 4.79 Å². The molecule has 1 heterocycles. The first-order valence-electron chi connectivity index (χ1n) is 8.48. The molecule has 1 saturated carbocycles. The van der Waals surface area contributed by atoms with Crippen molar-refractivity contribution in [3.8, 4) is 0 Å². The van der Waals surface area contributed by atoms with E-state index in [1.165, 1.54) is 0 Å². The molecule has 2 amide bonds. The predicted octanol–water partition coefficient (Wildman–Crippen LogP) is 2.57. The van der Waals surface area contributed by atoms with Crippen LogP contribution in [0.25, 0.3) is 10.9 Å². The molecule has 130 valence electrons. The maximum absolute atomic E-state index is 12.0. The molecule has 24 heavy (non-hydrogen) atoms. The summed E-state index contributed by atoms with van der Waals surface area (Å²) in [6, 6.07) is 7.66. The molecule has 0 bridgehead atoms. The summed E-state index contributed by atoms with van der Waals surface area (Å²) >= 11 is 0. The van der Waals surface area contributed by atoms with Gasteiger partial charge in [0.2, 0.25) is 0 Å². The normalized spacial score (nSPS) is 20.4. The highest BCUT2D eigenvalue weighted by Crippen LogP contribution is 2.25. The molecular weight excluding hydrogens is 306 g/mol. The first-order chi connectivity index (χ1) is 11.7. The molecule has 1 aliphatic rings. The van der Waals surface area contributed by atoms with E-state index >= 15 is 0 Å². The first-order valence-corrected chi connectivity index (χ1v) is 8.48. The number of urea groups is 1. The number of rotatable bonds is 6. The molecule has 1 aromatic carbocycles. The van der Waals surface area contributed by atoms with Gasteiger partial charge in [0.1, 0.15) is 0 Å². The number of hydrogen-bond acceptors (Lipinski definition) is 3. The van der Waals surface area contributed by atoms with Gasteiger partial charge in [0, 0.05) is 48.9 Å². The van der Waals surface area contributed by atoms with E-state index in [-0.39, 0.29) is 18.1 Å². The van der Waals surface area contributed by atoms with Gasteiger partial charge >= 0.3 is 6.03 Å². The van der Waals surface area contributed by atoms with Crippen LogP contribution in [0.15, 0.2) is 30.5 Å². The number of nitrogens with one attached hydrogen (secondary N) is 2. The van der Waals surface area contributed by atoms with Crippen molar-refractivity contribution in [1.29, 1.82) is 0 Å². The molecule has 0 spiro atoms. The van der Waals surface area contributed by atoms with E-state index < -0.39 is 0 Å². The topological polar surface area (TPSA) is 75.5 Å². The van der Waals surface area contributed by atoms with Gasteiger partial charge in [0.05, 0.1) is 12.7 Å². The first kappa shape index (κ1) is 16.8. The van der Waals surface area contributed by atoms with Crippen LogP contribution in [0.4, 0.5) is 10.5 Å². The largest absolute Gasteiger partial charge is 0.393 e. The van der Waals surface area contributed by atoms with E-state index in [1.807, 2.05) is 30.5 Å². The highest BCUT2D eigenvalue weighted by molar-refractivity contribution is 5.92. The molecule has 0 unspecified atom stereocenters. The van der Waals surface area contributed by atoms with Crippen molar-refractivity contribution >= 4 is 22.6 Å². The Morgan fingerprint density at radius 2 is 2.25 bits per heavy atom. The maximum Gasteiger partial charge on any atom is 0.319 e. The molecule has 6 nitrogen and oxygen atoms in total. The van der Waals surface area contributed by atoms with Crippen molar-refractivity contribution in [2.75, 3.05) is 25.6 Å². The minimum Gasteiger partial charge on any atom is -0.393 e. The van der Waals surface area contributed by atoms with Gasteiger partial charge in [0.15, 0.2) is 0 Å². The van der Waals surface area contributed by atoms with Crippen LogP contribution in [0, 0.1) is 5.92 Å². The number of amides is 2. The fourth-order valence-electron chi connectivity index (χ4n) is 3.32. The summed E-state index contributed by atoms with van der Waals surface area (Å²) < 4.78 is 7.24. The van der Waals surface area contributed by atoms with E-state index in [4.69, 9.17) is 4.74 Å². The lowest BCUT2D eigenvalue weighted by molar-refractivity contribution is 0.133. The third kappa shape index (κ3) is 3.88. The molecular formula is C18H25N3O3. The van der Waals surface area contributed by atoms with Crippen LogP contribution in [0.5, 0.6) is 0 Å². The Morgan fingerprint density at radius 3 is 3.00 bits per heavy atom. The zero-order valence-corrected chi connectivity index (χ0v) is 14.0. The summed E-state index contributed by atoms with van der Waals surface area (Å²) in [4.78, 5) is 12.0. The third-order valence-electron chi connectivity index (χ3n) is 4.71. The summed E-state index contributed by atoms with van der Waals surface area (Å²) in [6.45, 7) is 1.98. The quantitative estimate of drug-likeness (QED) is 0.761. The Hall–Kier alpha value is -2.05. The van der Waals surface area contributed by atoms with Gasteiger partial charge in [0.25, 0.3) is 0 Å². The van der Waals surface area contributed by atoms with Crippen LogP contribution in [0.1, 0.15) is 19.3 Å². The Labute approximate surface area is 141 Å². The number of hydrogen-bond donors (Lipinski definition) is 3. The van der Waals surface area contributed by atoms with E-state index in [0.29, 0.717) is 13.2 Å². The molecule has 2 aromatic rings. The van der Waals surface area contributed by atoms with E-state index in [1.54, 1.807) is 7.11 Å². The summed E-state index contributed by atoms with van der Waals surface area (Å²) in [5, 5.41) is 16.6. The van der Waals surface area contributed by atoms with Crippen molar-refractivity contribution in [1.82, 2.24) is 9.88 Å². The summed E-state index contributed by atoms with van der Waals surface area (Å²) in [5.74, 6) is 0.174. The smallest absolute Gasteiger partial charge is 0.319 e. The minimum absolute atomic E-state index is 0.174. The van der Waals surface area contributed by atoms with Crippen molar-refractivity contribution in [2.45, 2.75) is 31.9 Å². The van der Waals surface area contributed by atoms with Crippen LogP contribution >= 0.6 is 0 Å². The number of aromatic nitrogens is 1. The average molecular weight is 331 g/mol. The highest BCUT2D eigenvalue weighted by atomic mass is 16.5. The third-order valence-corrected chi connectivity index (χ3v) is 4.71. The Balaban J connectivity index is 1.57. The minimum atomic E-state index is -0.284. The Bertz CT molecular complexity index is 698. The predicted molar refractivity (Wildman–Crippen MR) is 94.2 cm³/mol. The number of carbonyl (C=O) groups excluding carboxylic acids is 1. The number of aliphatic hydroxyl groups is 1. The van der Waals surface area contributed by atoms with E-state index in [0.717, 1.165) is 42.4 Å². The number of nitrogens with zero attached hydrogens (tertiary/aromatic N) is 1. The van der Waals surface area contributed by atoms with E-state index in [2.05, 4.69) is 15.2 Å².